The Morgan fingerprint density at radius 3 is 2.60 bits per heavy atom. The molecule has 8 heteroatoms. The number of carbonyl (C=O) groups excluding carboxylic acids is 2. The molecule has 0 bridgehead atoms. The summed E-state index contributed by atoms with van der Waals surface area (Å²) >= 11 is 6.15. The van der Waals surface area contributed by atoms with Crippen LogP contribution in [-0.4, -0.2) is 44.6 Å². The first-order valence-corrected chi connectivity index (χ1v) is 10.3. The van der Waals surface area contributed by atoms with Crippen LogP contribution in [0, 0.1) is 6.92 Å². The average Bonchev–Trinajstić information content (AvgIpc) is 3.16. The van der Waals surface area contributed by atoms with Gasteiger partial charge >= 0.3 is 0 Å². The molecule has 1 aliphatic rings. The van der Waals surface area contributed by atoms with Gasteiger partial charge in [0.05, 0.1) is 28.7 Å². The van der Waals surface area contributed by atoms with Gasteiger partial charge in [-0.15, -0.1) is 0 Å². The zero-order valence-electron chi connectivity index (χ0n) is 16.6. The lowest BCUT2D eigenvalue weighted by Crippen LogP contribution is -2.36. The number of carbonyl (C=O) groups is 2. The monoisotopic (exact) mass is 423 g/mol. The topological polar surface area (TPSA) is 80.1 Å². The Kier molecular flexibility index (Phi) is 5.81. The number of amides is 2. The van der Waals surface area contributed by atoms with E-state index in [1.165, 1.54) is 6.20 Å². The van der Waals surface area contributed by atoms with Gasteiger partial charge in [0.15, 0.2) is 5.82 Å². The quantitative estimate of drug-likeness (QED) is 0.684. The molecule has 3 aromatic rings. The molecular weight excluding hydrogens is 402 g/mol. The molecule has 2 aromatic heterocycles. The van der Waals surface area contributed by atoms with Gasteiger partial charge in [-0.05, 0) is 56.5 Å². The summed E-state index contributed by atoms with van der Waals surface area (Å²) in [4.78, 5) is 32.1. The number of hydrogen-bond donors (Lipinski definition) is 1. The van der Waals surface area contributed by atoms with Crippen molar-refractivity contribution in [2.45, 2.75) is 26.2 Å². The van der Waals surface area contributed by atoms with Crippen molar-refractivity contribution in [3.05, 3.63) is 70.6 Å². The number of pyridine rings is 1. The van der Waals surface area contributed by atoms with E-state index in [4.69, 9.17) is 11.6 Å². The summed E-state index contributed by atoms with van der Waals surface area (Å²) < 4.78 is 1.60. The third-order valence-corrected chi connectivity index (χ3v) is 5.46. The van der Waals surface area contributed by atoms with Gasteiger partial charge < -0.3 is 10.2 Å². The number of aromatic nitrogens is 3. The Balaban J connectivity index is 1.60. The van der Waals surface area contributed by atoms with Crippen molar-refractivity contribution in [3.8, 4) is 5.82 Å². The number of rotatable bonds is 4. The van der Waals surface area contributed by atoms with E-state index in [0.717, 1.165) is 32.4 Å². The summed E-state index contributed by atoms with van der Waals surface area (Å²) in [5.41, 5.74) is 1.88. The first-order chi connectivity index (χ1) is 14.5. The van der Waals surface area contributed by atoms with Crippen LogP contribution in [0.25, 0.3) is 5.82 Å². The SMILES string of the molecule is Cc1c(C(=O)Nc2cc(Cl)ccc2C(=O)N2CCCCC2)cnn1-c1ccccn1. The summed E-state index contributed by atoms with van der Waals surface area (Å²) in [5.74, 6) is 0.171. The normalized spacial score (nSPS) is 13.9. The molecule has 0 unspecified atom stereocenters. The van der Waals surface area contributed by atoms with Crippen molar-refractivity contribution in [2.75, 3.05) is 18.4 Å². The lowest BCUT2D eigenvalue weighted by Gasteiger charge is -2.27. The second-order valence-electron chi connectivity index (χ2n) is 7.24. The molecule has 0 saturated carbocycles. The van der Waals surface area contributed by atoms with E-state index in [1.54, 1.807) is 36.0 Å². The third kappa shape index (κ3) is 4.07. The van der Waals surface area contributed by atoms with E-state index in [1.807, 2.05) is 23.1 Å². The highest BCUT2D eigenvalue weighted by atomic mass is 35.5. The molecule has 1 saturated heterocycles. The number of halogens is 1. The molecule has 7 nitrogen and oxygen atoms in total. The van der Waals surface area contributed by atoms with Crippen molar-refractivity contribution in [3.63, 3.8) is 0 Å². The van der Waals surface area contributed by atoms with Crippen molar-refractivity contribution in [1.29, 1.82) is 0 Å². The van der Waals surface area contributed by atoms with Crippen LogP contribution in [0.3, 0.4) is 0 Å². The van der Waals surface area contributed by atoms with E-state index in [9.17, 15) is 9.59 Å². The number of anilines is 1. The van der Waals surface area contributed by atoms with Gasteiger partial charge in [0.1, 0.15) is 0 Å². The smallest absolute Gasteiger partial charge is 0.259 e. The van der Waals surface area contributed by atoms with E-state index in [2.05, 4.69) is 15.4 Å². The second kappa shape index (κ2) is 8.67. The standard InChI is InChI=1S/C22H22ClN5O2/c1-15-18(14-25-28(15)20-7-3-4-10-24-20)21(29)26-19-13-16(23)8-9-17(19)22(30)27-11-5-2-6-12-27/h3-4,7-10,13-14H,2,5-6,11-12H2,1H3,(H,26,29). The molecule has 1 aliphatic heterocycles. The molecular formula is C22H22ClN5O2. The van der Waals surface area contributed by atoms with Crippen LogP contribution < -0.4 is 5.32 Å². The van der Waals surface area contributed by atoms with Gasteiger partial charge in [0.2, 0.25) is 0 Å². The minimum Gasteiger partial charge on any atom is -0.339 e. The van der Waals surface area contributed by atoms with Crippen LogP contribution >= 0.6 is 11.6 Å². The summed E-state index contributed by atoms with van der Waals surface area (Å²) in [6.07, 6.45) is 6.28. The summed E-state index contributed by atoms with van der Waals surface area (Å²) in [5, 5.41) is 7.58. The molecule has 0 radical (unpaired) electrons. The molecule has 30 heavy (non-hydrogen) atoms. The first kappa shape index (κ1) is 20.1. The van der Waals surface area contributed by atoms with Gasteiger partial charge in [0, 0.05) is 24.3 Å². The highest BCUT2D eigenvalue weighted by Gasteiger charge is 2.23. The molecule has 0 spiro atoms. The number of benzene rings is 1. The van der Waals surface area contributed by atoms with Crippen molar-refractivity contribution in [2.24, 2.45) is 0 Å². The Morgan fingerprint density at radius 2 is 1.87 bits per heavy atom. The lowest BCUT2D eigenvalue weighted by atomic mass is 10.1. The van der Waals surface area contributed by atoms with Crippen LogP contribution in [-0.2, 0) is 0 Å². The maximum Gasteiger partial charge on any atom is 0.259 e. The molecule has 1 N–H and O–H groups in total. The number of piperidine rings is 1. The maximum absolute atomic E-state index is 13.0. The van der Waals surface area contributed by atoms with Crippen LogP contribution in [0.1, 0.15) is 45.7 Å². The van der Waals surface area contributed by atoms with Crippen molar-refractivity contribution in [1.82, 2.24) is 19.7 Å². The van der Waals surface area contributed by atoms with Crippen LogP contribution in [0.2, 0.25) is 5.02 Å². The highest BCUT2D eigenvalue weighted by molar-refractivity contribution is 6.31. The zero-order valence-corrected chi connectivity index (χ0v) is 17.4. The van der Waals surface area contributed by atoms with Gasteiger partial charge in [-0.1, -0.05) is 17.7 Å². The van der Waals surface area contributed by atoms with Gasteiger partial charge in [-0.3, -0.25) is 9.59 Å². The molecule has 1 aromatic carbocycles. The summed E-state index contributed by atoms with van der Waals surface area (Å²) in [7, 11) is 0. The number of hydrogen-bond acceptors (Lipinski definition) is 4. The van der Waals surface area contributed by atoms with Crippen molar-refractivity contribution >= 4 is 29.1 Å². The molecule has 3 heterocycles. The fourth-order valence-corrected chi connectivity index (χ4v) is 3.78. The molecule has 0 aliphatic carbocycles. The van der Waals surface area contributed by atoms with E-state index < -0.39 is 0 Å². The fourth-order valence-electron chi connectivity index (χ4n) is 3.61. The van der Waals surface area contributed by atoms with Crippen LogP contribution in [0.4, 0.5) is 5.69 Å². The van der Waals surface area contributed by atoms with E-state index in [-0.39, 0.29) is 11.8 Å². The minimum atomic E-state index is -0.357. The maximum atomic E-state index is 13.0. The predicted octanol–water partition coefficient (Wildman–Crippen LogP) is 4.11. The molecule has 1 fully saturated rings. The fraction of sp³-hybridized carbons (Fsp3) is 0.273. The molecule has 0 atom stereocenters. The largest absolute Gasteiger partial charge is 0.339 e. The van der Waals surface area contributed by atoms with Crippen molar-refractivity contribution < 1.29 is 9.59 Å². The van der Waals surface area contributed by atoms with Gasteiger partial charge in [0.25, 0.3) is 11.8 Å². The molecule has 2 amide bonds. The van der Waals surface area contributed by atoms with E-state index in [0.29, 0.717) is 33.3 Å². The van der Waals surface area contributed by atoms with E-state index >= 15 is 0 Å². The lowest BCUT2D eigenvalue weighted by molar-refractivity contribution is 0.0725. The Bertz CT molecular complexity index is 1070. The first-order valence-electron chi connectivity index (χ1n) is 9.91. The molecule has 4 rings (SSSR count). The summed E-state index contributed by atoms with van der Waals surface area (Å²) in [6.45, 7) is 3.25. The number of likely N-dealkylation sites (tertiary alicyclic amines) is 1. The minimum absolute atomic E-state index is 0.0948. The highest BCUT2D eigenvalue weighted by Crippen LogP contribution is 2.25. The zero-order chi connectivity index (χ0) is 21.1. The third-order valence-electron chi connectivity index (χ3n) is 5.22. The predicted molar refractivity (Wildman–Crippen MR) is 115 cm³/mol. The van der Waals surface area contributed by atoms with Gasteiger partial charge in [-0.2, -0.15) is 5.10 Å². The molecule has 154 valence electrons. The number of nitrogens with zero attached hydrogens (tertiary/aromatic N) is 4. The Hall–Kier alpha value is -3.19. The van der Waals surface area contributed by atoms with Crippen LogP contribution in [0.15, 0.2) is 48.8 Å². The van der Waals surface area contributed by atoms with Crippen LogP contribution in [0.5, 0.6) is 0 Å². The summed E-state index contributed by atoms with van der Waals surface area (Å²) in [6, 6.07) is 10.4. The second-order valence-corrected chi connectivity index (χ2v) is 7.68. The average molecular weight is 424 g/mol. The Morgan fingerprint density at radius 1 is 1.07 bits per heavy atom. The Labute approximate surface area is 179 Å². The van der Waals surface area contributed by atoms with Gasteiger partial charge in [-0.25, -0.2) is 9.67 Å². The number of nitrogens with one attached hydrogen (secondary N) is 1.